The van der Waals surface area contributed by atoms with Crippen LogP contribution in [0, 0.1) is 0 Å². The van der Waals surface area contributed by atoms with E-state index in [1.807, 2.05) is 0 Å². The van der Waals surface area contributed by atoms with Gasteiger partial charge in [-0.25, -0.2) is 0 Å². The van der Waals surface area contributed by atoms with Crippen LogP contribution in [0.15, 0.2) is 0 Å². The third-order valence-corrected chi connectivity index (χ3v) is 0. The van der Waals surface area contributed by atoms with Gasteiger partial charge in [-0.2, -0.15) is 0 Å². The summed E-state index contributed by atoms with van der Waals surface area (Å²) in [5, 5.41) is 0. The summed E-state index contributed by atoms with van der Waals surface area (Å²) in [5.41, 5.74) is 0. The molecule has 1 radical (unpaired) electrons. The van der Waals surface area contributed by atoms with Crippen molar-refractivity contribution in [1.29, 1.82) is 0 Å². The zero-order valence-corrected chi connectivity index (χ0v) is 6.42. The molecule has 0 aliphatic rings. The molecule has 0 aromatic carbocycles. The Morgan fingerprint density at radius 2 is 0.750 bits per heavy atom. The molecule has 2 nitrogen and oxygen atoms in total. The predicted molar refractivity (Wildman–Crippen MR) is 1.37 cm³/mol. The largest absolute Gasteiger partial charge is 4.00 e. The maximum Gasteiger partial charge on any atom is 4.00 e. The van der Waals surface area contributed by atoms with Crippen LogP contribution in [0.2, 0.25) is 0 Å². The monoisotopic (exact) mass is 215 g/mol. The Hall–Kier alpha value is 1.54. The van der Waals surface area contributed by atoms with E-state index in [9.17, 15) is 0 Å². The molecule has 0 saturated carbocycles. The van der Waals surface area contributed by atoms with Crippen LogP contribution < -0.4 is 0 Å². The molecule has 0 aromatic rings. The van der Waals surface area contributed by atoms with Gasteiger partial charge in [-0.15, -0.1) is 0 Å². The van der Waals surface area contributed by atoms with Gasteiger partial charge < -0.3 is 11.0 Å². The quantitative estimate of drug-likeness (QED) is 0.502. The van der Waals surface area contributed by atoms with E-state index < -0.39 is 0 Å². The fourth-order valence-electron chi connectivity index (χ4n) is 0. The molecule has 4 heavy (non-hydrogen) atoms. The zero-order valence-electron chi connectivity index (χ0n) is 1.76. The SMILES string of the molecule is [Nb].[O-2].[O-2].[Zr+4]. The Morgan fingerprint density at radius 1 is 0.750 bits per heavy atom. The smallest absolute Gasteiger partial charge is 2.00 e. The number of hydrogen-bond donors (Lipinski definition) is 0. The van der Waals surface area contributed by atoms with Crippen molar-refractivity contribution in [3.05, 3.63) is 0 Å². The summed E-state index contributed by atoms with van der Waals surface area (Å²) in [6, 6.07) is 0. The van der Waals surface area contributed by atoms with Crippen molar-refractivity contribution in [2.24, 2.45) is 0 Å². The van der Waals surface area contributed by atoms with Crippen molar-refractivity contribution in [2.75, 3.05) is 0 Å². The van der Waals surface area contributed by atoms with E-state index in [1.165, 1.54) is 0 Å². The molecular formula is NbO2Zr. The molecule has 0 unspecified atom stereocenters. The van der Waals surface area contributed by atoms with Crippen molar-refractivity contribution in [3.8, 4) is 0 Å². The van der Waals surface area contributed by atoms with Crippen LogP contribution >= 0.6 is 0 Å². The molecular weight excluding hydrogens is 216 g/mol. The first kappa shape index (κ1) is 48.0. The molecule has 0 aromatic heterocycles. The standard InChI is InChI=1S/Nb.2O.Zr/q;2*-2;+4. The summed E-state index contributed by atoms with van der Waals surface area (Å²) < 4.78 is 0. The number of hydrogen-bond acceptors (Lipinski definition) is 0. The van der Waals surface area contributed by atoms with Crippen LogP contribution in [0.25, 0.3) is 0 Å². The van der Waals surface area contributed by atoms with Crippen molar-refractivity contribution < 1.29 is 59.5 Å². The van der Waals surface area contributed by atoms with Crippen LogP contribution in [-0.2, 0) is 59.5 Å². The molecule has 0 N–H and O–H groups in total. The Bertz CT molecular complexity index is 6.00. The molecule has 21 valence electrons. The normalized spacial score (nSPS) is 0. The van der Waals surface area contributed by atoms with Crippen LogP contribution in [0.4, 0.5) is 0 Å². The average Bonchev–Trinajstić information content (AvgIpc) is 0. The van der Waals surface area contributed by atoms with E-state index in [-0.39, 0.29) is 59.5 Å². The van der Waals surface area contributed by atoms with Crippen molar-refractivity contribution >= 4 is 0 Å². The third-order valence-electron chi connectivity index (χ3n) is 0. The van der Waals surface area contributed by atoms with Gasteiger partial charge in [0.2, 0.25) is 0 Å². The molecule has 0 spiro atoms. The van der Waals surface area contributed by atoms with E-state index in [2.05, 4.69) is 0 Å². The van der Waals surface area contributed by atoms with E-state index in [4.69, 9.17) is 0 Å². The van der Waals surface area contributed by atoms with Crippen LogP contribution in [-0.4, -0.2) is 0 Å². The van der Waals surface area contributed by atoms with Crippen LogP contribution in [0.3, 0.4) is 0 Å². The summed E-state index contributed by atoms with van der Waals surface area (Å²) >= 11 is 0. The van der Waals surface area contributed by atoms with Crippen molar-refractivity contribution in [3.63, 3.8) is 0 Å². The van der Waals surface area contributed by atoms with Crippen molar-refractivity contribution in [2.45, 2.75) is 0 Å². The molecule has 0 bridgehead atoms. The fourth-order valence-corrected chi connectivity index (χ4v) is 0. The van der Waals surface area contributed by atoms with Gasteiger partial charge in [0, 0.05) is 22.4 Å². The Kier molecular flexibility index (Phi) is 288. The maximum atomic E-state index is 0. The minimum absolute atomic E-state index is 0. The third kappa shape index (κ3) is 9.62. The zero-order chi connectivity index (χ0) is 0. The second kappa shape index (κ2) is 23.9. The maximum absolute atomic E-state index is 0. The molecule has 0 atom stereocenters. The minimum Gasteiger partial charge on any atom is -2.00 e. The topological polar surface area (TPSA) is 57.0 Å². The van der Waals surface area contributed by atoms with E-state index in [0.29, 0.717) is 0 Å². The van der Waals surface area contributed by atoms with Gasteiger partial charge in [0.25, 0.3) is 0 Å². The van der Waals surface area contributed by atoms with Gasteiger partial charge in [-0.3, -0.25) is 0 Å². The van der Waals surface area contributed by atoms with Gasteiger partial charge >= 0.3 is 26.2 Å². The molecule has 0 rings (SSSR count). The summed E-state index contributed by atoms with van der Waals surface area (Å²) in [6.45, 7) is 0. The molecule has 0 heterocycles. The van der Waals surface area contributed by atoms with Gasteiger partial charge in [0.1, 0.15) is 0 Å². The summed E-state index contributed by atoms with van der Waals surface area (Å²) in [4.78, 5) is 0. The van der Waals surface area contributed by atoms with Crippen molar-refractivity contribution in [1.82, 2.24) is 0 Å². The molecule has 0 fully saturated rings. The summed E-state index contributed by atoms with van der Waals surface area (Å²) in [5.74, 6) is 0. The first-order chi connectivity index (χ1) is 0. The van der Waals surface area contributed by atoms with Gasteiger partial charge in [-0.05, 0) is 0 Å². The van der Waals surface area contributed by atoms with E-state index >= 15 is 0 Å². The second-order valence-electron chi connectivity index (χ2n) is 0. The number of rotatable bonds is 0. The molecule has 0 amide bonds. The second-order valence-corrected chi connectivity index (χ2v) is 0. The Balaban J connectivity index is 0. The first-order valence-electron chi connectivity index (χ1n) is 0. The Morgan fingerprint density at radius 3 is 0.750 bits per heavy atom. The van der Waals surface area contributed by atoms with Gasteiger partial charge in [0.05, 0.1) is 0 Å². The molecule has 0 aliphatic heterocycles. The summed E-state index contributed by atoms with van der Waals surface area (Å²) in [6.07, 6.45) is 0. The summed E-state index contributed by atoms with van der Waals surface area (Å²) in [7, 11) is 0. The van der Waals surface area contributed by atoms with Gasteiger partial charge in [-0.1, -0.05) is 0 Å². The average molecular weight is 216 g/mol. The van der Waals surface area contributed by atoms with E-state index in [0.717, 1.165) is 0 Å². The van der Waals surface area contributed by atoms with Gasteiger partial charge in [0.15, 0.2) is 0 Å². The fraction of sp³-hybridized carbons (Fsp3) is 0. The molecule has 4 heteroatoms. The molecule has 0 saturated heterocycles. The first-order valence-corrected chi connectivity index (χ1v) is 0. The van der Waals surface area contributed by atoms with Crippen LogP contribution in [0.1, 0.15) is 0 Å². The Labute approximate surface area is 59.2 Å². The minimum atomic E-state index is 0. The predicted octanol–water partition coefficient (Wildman–Crippen LogP) is -0.243. The van der Waals surface area contributed by atoms with Crippen LogP contribution in [0.5, 0.6) is 0 Å². The molecule has 0 aliphatic carbocycles. The van der Waals surface area contributed by atoms with E-state index in [1.54, 1.807) is 0 Å².